The topological polar surface area (TPSA) is 76.7 Å². The van der Waals surface area contributed by atoms with Gasteiger partial charge in [0.25, 0.3) is 0 Å². The van der Waals surface area contributed by atoms with E-state index in [1.54, 1.807) is 12.1 Å². The van der Waals surface area contributed by atoms with Gasteiger partial charge in [-0.15, -0.1) is 0 Å². The van der Waals surface area contributed by atoms with Crippen LogP contribution in [0.25, 0.3) is 0 Å². The molecule has 0 bridgehead atoms. The minimum atomic E-state index is -1.69. The van der Waals surface area contributed by atoms with Gasteiger partial charge in [-0.05, 0) is 56.7 Å². The molecule has 1 aliphatic rings. The zero-order valence-electron chi connectivity index (χ0n) is 15.2. The van der Waals surface area contributed by atoms with Crippen LogP contribution in [0.1, 0.15) is 50.9 Å². The summed E-state index contributed by atoms with van der Waals surface area (Å²) >= 11 is 0. The van der Waals surface area contributed by atoms with Gasteiger partial charge in [0.2, 0.25) is 11.9 Å². The maximum atomic E-state index is 14.2. The summed E-state index contributed by atoms with van der Waals surface area (Å²) in [6.45, 7) is 2.78. The number of hydrogen-bond donors (Lipinski definition) is 2. The van der Waals surface area contributed by atoms with Crippen molar-refractivity contribution in [2.75, 3.05) is 11.1 Å². The maximum Gasteiger partial charge on any atom is 0.228 e. The van der Waals surface area contributed by atoms with Crippen molar-refractivity contribution >= 4 is 11.9 Å². The van der Waals surface area contributed by atoms with Gasteiger partial charge in [-0.25, -0.2) is 8.78 Å². The highest BCUT2D eigenvalue weighted by molar-refractivity contribution is 5.34. The molecule has 3 N–H and O–H groups in total. The molecule has 140 valence electrons. The number of nitrogens with one attached hydrogen (secondary N) is 1. The fourth-order valence-electron chi connectivity index (χ4n) is 3.50. The molecule has 1 fully saturated rings. The highest BCUT2D eigenvalue weighted by Gasteiger charge is 2.28. The quantitative estimate of drug-likeness (QED) is 0.841. The Balaban J connectivity index is 1.77. The molecular formula is C19H25F2N5. The molecule has 0 amide bonds. The smallest absolute Gasteiger partial charge is 0.228 e. The van der Waals surface area contributed by atoms with Crippen molar-refractivity contribution in [1.29, 1.82) is 0 Å². The monoisotopic (exact) mass is 361 g/mol. The van der Waals surface area contributed by atoms with E-state index in [4.69, 9.17) is 5.73 Å². The molecule has 0 spiro atoms. The van der Waals surface area contributed by atoms with E-state index in [1.165, 1.54) is 19.9 Å². The highest BCUT2D eigenvalue weighted by Crippen LogP contribution is 2.30. The van der Waals surface area contributed by atoms with Crippen LogP contribution in [0.2, 0.25) is 0 Å². The number of alkyl halides is 1. The molecule has 2 aromatic rings. The zero-order valence-corrected chi connectivity index (χ0v) is 15.2. The molecule has 0 saturated heterocycles. The van der Waals surface area contributed by atoms with Crippen molar-refractivity contribution < 1.29 is 8.78 Å². The lowest BCUT2D eigenvalue weighted by Crippen LogP contribution is -2.34. The molecule has 1 heterocycles. The third kappa shape index (κ3) is 4.65. The number of rotatable bonds is 5. The van der Waals surface area contributed by atoms with E-state index in [-0.39, 0.29) is 23.6 Å². The van der Waals surface area contributed by atoms with E-state index in [0.717, 1.165) is 37.7 Å². The average Bonchev–Trinajstić information content (AvgIpc) is 2.55. The summed E-state index contributed by atoms with van der Waals surface area (Å²) in [4.78, 5) is 12.2. The number of anilines is 2. The molecule has 26 heavy (non-hydrogen) atoms. The standard InChI is InChI=1S/C19H25F2N5/c1-19(2,21)16-24-17(22)26-18(25-16)23-15-9-4-3-7-13(15)10-12-6-5-8-14(20)11-12/h5-6,8,11,13,15H,3-4,7,9-10H2,1-2H3,(H3,22,23,24,25,26). The normalized spacial score (nSPS) is 20.8. The zero-order chi connectivity index (χ0) is 18.7. The van der Waals surface area contributed by atoms with E-state index in [1.807, 2.05) is 6.07 Å². The number of halogens is 2. The molecule has 1 saturated carbocycles. The SMILES string of the molecule is CC(C)(F)c1nc(N)nc(NC2CCCCC2Cc2cccc(F)c2)n1. The van der Waals surface area contributed by atoms with Crippen molar-refractivity contribution in [2.24, 2.45) is 5.92 Å². The van der Waals surface area contributed by atoms with Crippen LogP contribution in [0.15, 0.2) is 24.3 Å². The van der Waals surface area contributed by atoms with Crippen LogP contribution in [-0.4, -0.2) is 21.0 Å². The van der Waals surface area contributed by atoms with Crippen LogP contribution in [-0.2, 0) is 12.1 Å². The number of aromatic nitrogens is 3. The molecule has 1 aliphatic carbocycles. The molecular weight excluding hydrogens is 336 g/mol. The Morgan fingerprint density at radius 3 is 2.69 bits per heavy atom. The van der Waals surface area contributed by atoms with E-state index in [9.17, 15) is 8.78 Å². The van der Waals surface area contributed by atoms with Crippen LogP contribution in [0, 0.1) is 11.7 Å². The fraction of sp³-hybridized carbons (Fsp3) is 0.526. The highest BCUT2D eigenvalue weighted by atomic mass is 19.1. The van der Waals surface area contributed by atoms with Gasteiger partial charge in [-0.3, -0.25) is 0 Å². The van der Waals surface area contributed by atoms with Gasteiger partial charge < -0.3 is 11.1 Å². The van der Waals surface area contributed by atoms with E-state index in [2.05, 4.69) is 20.3 Å². The van der Waals surface area contributed by atoms with Crippen molar-refractivity contribution in [3.63, 3.8) is 0 Å². The summed E-state index contributed by atoms with van der Waals surface area (Å²) in [5, 5.41) is 3.32. The van der Waals surface area contributed by atoms with Crippen LogP contribution < -0.4 is 11.1 Å². The predicted molar refractivity (Wildman–Crippen MR) is 97.8 cm³/mol. The minimum Gasteiger partial charge on any atom is -0.368 e. The Hall–Kier alpha value is -2.31. The number of nitrogen functional groups attached to an aromatic ring is 1. The lowest BCUT2D eigenvalue weighted by Gasteiger charge is -2.32. The second-order valence-electron chi connectivity index (χ2n) is 7.44. The summed E-state index contributed by atoms with van der Waals surface area (Å²) in [5.74, 6) is 0.424. The lowest BCUT2D eigenvalue weighted by atomic mass is 9.81. The van der Waals surface area contributed by atoms with Gasteiger partial charge in [0.1, 0.15) is 5.82 Å². The van der Waals surface area contributed by atoms with Crippen molar-refractivity contribution in [1.82, 2.24) is 15.0 Å². The number of hydrogen-bond acceptors (Lipinski definition) is 5. The fourth-order valence-corrected chi connectivity index (χ4v) is 3.50. The maximum absolute atomic E-state index is 14.2. The van der Waals surface area contributed by atoms with Crippen LogP contribution in [0.5, 0.6) is 0 Å². The molecule has 3 rings (SSSR count). The molecule has 7 heteroatoms. The van der Waals surface area contributed by atoms with E-state index < -0.39 is 5.67 Å². The van der Waals surface area contributed by atoms with E-state index in [0.29, 0.717) is 11.9 Å². The predicted octanol–water partition coefficient (Wildman–Crippen LogP) is 4.01. The minimum absolute atomic E-state index is 0.000662. The Morgan fingerprint density at radius 1 is 1.19 bits per heavy atom. The molecule has 2 atom stereocenters. The Kier molecular flexibility index (Phi) is 5.34. The Bertz CT molecular complexity index is 760. The molecule has 0 radical (unpaired) electrons. The first-order chi connectivity index (χ1) is 12.3. The van der Waals surface area contributed by atoms with Gasteiger partial charge >= 0.3 is 0 Å². The van der Waals surface area contributed by atoms with Crippen molar-refractivity contribution in [3.8, 4) is 0 Å². The Morgan fingerprint density at radius 2 is 1.96 bits per heavy atom. The largest absolute Gasteiger partial charge is 0.368 e. The lowest BCUT2D eigenvalue weighted by molar-refractivity contribution is 0.206. The van der Waals surface area contributed by atoms with Crippen LogP contribution in [0.3, 0.4) is 0 Å². The average molecular weight is 361 g/mol. The first kappa shape index (κ1) is 18.5. The van der Waals surface area contributed by atoms with Crippen molar-refractivity contribution in [3.05, 3.63) is 41.5 Å². The van der Waals surface area contributed by atoms with Gasteiger partial charge in [0, 0.05) is 6.04 Å². The molecule has 0 aliphatic heterocycles. The van der Waals surface area contributed by atoms with Crippen molar-refractivity contribution in [2.45, 2.75) is 57.7 Å². The van der Waals surface area contributed by atoms with Crippen LogP contribution >= 0.6 is 0 Å². The van der Waals surface area contributed by atoms with Gasteiger partial charge in [-0.1, -0.05) is 25.0 Å². The molecule has 5 nitrogen and oxygen atoms in total. The first-order valence-electron chi connectivity index (χ1n) is 9.03. The van der Waals surface area contributed by atoms with Gasteiger partial charge in [-0.2, -0.15) is 15.0 Å². The van der Waals surface area contributed by atoms with Crippen LogP contribution in [0.4, 0.5) is 20.7 Å². The third-order valence-electron chi connectivity index (χ3n) is 4.79. The van der Waals surface area contributed by atoms with E-state index >= 15 is 0 Å². The van der Waals surface area contributed by atoms with Gasteiger partial charge in [0.15, 0.2) is 11.5 Å². The molecule has 1 aromatic carbocycles. The number of nitrogens with zero attached hydrogens (tertiary/aromatic N) is 3. The second kappa shape index (κ2) is 7.51. The summed E-state index contributed by atoms with van der Waals surface area (Å²) in [6.07, 6.45) is 5.01. The summed E-state index contributed by atoms with van der Waals surface area (Å²) in [7, 11) is 0. The third-order valence-corrected chi connectivity index (χ3v) is 4.79. The number of benzene rings is 1. The Labute approximate surface area is 152 Å². The second-order valence-corrected chi connectivity index (χ2v) is 7.44. The summed E-state index contributed by atoms with van der Waals surface area (Å²) < 4.78 is 27.7. The summed E-state index contributed by atoms with van der Waals surface area (Å²) in [6, 6.07) is 6.84. The molecule has 1 aromatic heterocycles. The first-order valence-corrected chi connectivity index (χ1v) is 9.03. The summed E-state index contributed by atoms with van der Waals surface area (Å²) in [5.41, 5.74) is 5.01. The van der Waals surface area contributed by atoms with Gasteiger partial charge in [0.05, 0.1) is 0 Å². The molecule has 2 unspecified atom stereocenters. The number of nitrogens with two attached hydrogens (primary N) is 1.